The van der Waals surface area contributed by atoms with Gasteiger partial charge in [-0.1, -0.05) is 36.4 Å². The van der Waals surface area contributed by atoms with Crippen LogP contribution in [0, 0.1) is 0 Å². The molecule has 0 fully saturated rings. The Bertz CT molecular complexity index is 1040. The zero-order valence-corrected chi connectivity index (χ0v) is 24.7. The lowest BCUT2D eigenvalue weighted by Crippen LogP contribution is -2.23. The van der Waals surface area contributed by atoms with Gasteiger partial charge in [-0.15, -0.1) is 23.5 Å². The quantitative estimate of drug-likeness (QED) is 0.0932. The number of aliphatic carboxylic acids is 2. The molecular weight excluding hydrogens is 593 g/mol. The normalized spacial score (nSPS) is 12.7. The Morgan fingerprint density at radius 1 is 0.600 bits per heavy atom. The van der Waals surface area contributed by atoms with Gasteiger partial charge in [0.15, 0.2) is 0 Å². The molecule has 2 unspecified atom stereocenters. The predicted molar refractivity (Wildman–Crippen MR) is 162 cm³/mol. The first-order valence-electron chi connectivity index (χ1n) is 12.1. The Morgan fingerprint density at radius 3 is 1.32 bits per heavy atom. The van der Waals surface area contributed by atoms with E-state index < -0.39 is 36.1 Å². The molecule has 0 saturated carbocycles. The standard InChI is InChI=1S/C28H30O8S4/c29-25(30)11-13-27(33)35-21(19-39-23-7-3-1-4-8-23)17-37-15-16-38-18-22(36-28(34)14-12-26(31)32)20-40-24-9-5-2-6-10-24/h1-14,21-22H,15-20H2,(H,29,30)(H,31,32)/b13-11-,14-12-. The zero-order chi connectivity index (χ0) is 29.0. The summed E-state index contributed by atoms with van der Waals surface area (Å²) in [7, 11) is 0. The van der Waals surface area contributed by atoms with E-state index in [0.717, 1.165) is 45.6 Å². The van der Waals surface area contributed by atoms with Crippen LogP contribution in [0.5, 0.6) is 0 Å². The number of rotatable bonds is 19. The van der Waals surface area contributed by atoms with Crippen molar-refractivity contribution < 1.29 is 38.9 Å². The number of ether oxygens (including phenoxy) is 2. The van der Waals surface area contributed by atoms with Crippen molar-refractivity contribution in [1.29, 1.82) is 0 Å². The van der Waals surface area contributed by atoms with Crippen LogP contribution in [0.15, 0.2) is 94.8 Å². The third kappa shape index (κ3) is 16.3. The summed E-state index contributed by atoms with van der Waals surface area (Å²) in [6.45, 7) is 0. The summed E-state index contributed by atoms with van der Waals surface area (Å²) in [5, 5.41) is 17.5. The van der Waals surface area contributed by atoms with Crippen molar-refractivity contribution in [3.63, 3.8) is 0 Å². The molecule has 2 rings (SSSR count). The second-order valence-corrected chi connectivity index (χ2v) is 12.3. The second-order valence-electron chi connectivity index (χ2n) is 7.86. The molecular formula is C28H30O8S4. The fourth-order valence-electron chi connectivity index (χ4n) is 2.88. The van der Waals surface area contributed by atoms with Crippen LogP contribution in [-0.4, -0.2) is 80.8 Å². The monoisotopic (exact) mass is 622 g/mol. The molecule has 2 N–H and O–H groups in total. The van der Waals surface area contributed by atoms with Crippen LogP contribution in [-0.2, 0) is 28.7 Å². The van der Waals surface area contributed by atoms with Crippen LogP contribution in [0.4, 0.5) is 0 Å². The minimum absolute atomic E-state index is 0.414. The number of benzene rings is 2. The Balaban J connectivity index is 1.82. The highest BCUT2D eigenvalue weighted by Crippen LogP contribution is 2.23. The van der Waals surface area contributed by atoms with Gasteiger partial charge >= 0.3 is 23.9 Å². The fourth-order valence-corrected chi connectivity index (χ4v) is 7.18. The number of thioether (sulfide) groups is 4. The molecule has 214 valence electrons. The van der Waals surface area contributed by atoms with Gasteiger partial charge in [0, 0.05) is 68.6 Å². The molecule has 0 aliphatic carbocycles. The number of esters is 2. The van der Waals surface area contributed by atoms with Gasteiger partial charge < -0.3 is 19.7 Å². The number of carboxylic acid groups (broad SMARTS) is 2. The second kappa shape index (κ2) is 20.1. The first kappa shape index (κ1) is 33.4. The molecule has 8 nitrogen and oxygen atoms in total. The Morgan fingerprint density at radius 2 is 0.975 bits per heavy atom. The molecule has 0 heterocycles. The summed E-state index contributed by atoms with van der Waals surface area (Å²) in [5.41, 5.74) is 0. The predicted octanol–water partition coefficient (Wildman–Crippen LogP) is 5.14. The van der Waals surface area contributed by atoms with E-state index in [2.05, 4.69) is 0 Å². The number of carbonyl (C=O) groups excluding carboxylic acids is 2. The first-order valence-corrected chi connectivity index (χ1v) is 16.3. The topological polar surface area (TPSA) is 127 Å². The Kier molecular flexibility index (Phi) is 16.8. The average molecular weight is 623 g/mol. The molecule has 0 spiro atoms. The van der Waals surface area contributed by atoms with Gasteiger partial charge in [0.05, 0.1) is 0 Å². The molecule has 0 aromatic heterocycles. The molecule has 0 saturated heterocycles. The summed E-state index contributed by atoms with van der Waals surface area (Å²) in [4.78, 5) is 47.5. The highest BCUT2D eigenvalue weighted by atomic mass is 32.2. The highest BCUT2D eigenvalue weighted by molar-refractivity contribution is 8.03. The lowest BCUT2D eigenvalue weighted by Gasteiger charge is -2.18. The lowest BCUT2D eigenvalue weighted by atomic mass is 10.4. The molecule has 0 radical (unpaired) electrons. The zero-order valence-electron chi connectivity index (χ0n) is 21.5. The molecule has 12 heteroatoms. The summed E-state index contributed by atoms with van der Waals surface area (Å²) in [6, 6.07) is 19.4. The van der Waals surface area contributed by atoms with Crippen molar-refractivity contribution in [1.82, 2.24) is 0 Å². The molecule has 0 bridgehead atoms. The van der Waals surface area contributed by atoms with Crippen molar-refractivity contribution >= 4 is 70.9 Å². The molecule has 2 aromatic carbocycles. The van der Waals surface area contributed by atoms with E-state index in [1.165, 1.54) is 0 Å². The van der Waals surface area contributed by atoms with Gasteiger partial charge in [-0.25, -0.2) is 19.2 Å². The summed E-state index contributed by atoms with van der Waals surface area (Å²) < 4.78 is 11.0. The smallest absolute Gasteiger partial charge is 0.331 e. The summed E-state index contributed by atoms with van der Waals surface area (Å²) >= 11 is 6.32. The number of hydrogen-bond donors (Lipinski definition) is 2. The van der Waals surface area contributed by atoms with Gasteiger partial charge in [-0.05, 0) is 24.3 Å². The van der Waals surface area contributed by atoms with E-state index >= 15 is 0 Å². The fraction of sp³-hybridized carbons (Fsp3) is 0.286. The van der Waals surface area contributed by atoms with Gasteiger partial charge in [0.2, 0.25) is 0 Å². The van der Waals surface area contributed by atoms with Crippen LogP contribution < -0.4 is 0 Å². The third-order valence-electron chi connectivity index (χ3n) is 4.63. The highest BCUT2D eigenvalue weighted by Gasteiger charge is 2.16. The number of carboxylic acids is 2. The molecule has 0 aliphatic rings. The van der Waals surface area contributed by atoms with E-state index in [1.54, 1.807) is 47.0 Å². The maximum absolute atomic E-state index is 12.0. The third-order valence-corrected chi connectivity index (χ3v) is 9.37. The van der Waals surface area contributed by atoms with E-state index in [-0.39, 0.29) is 0 Å². The maximum Gasteiger partial charge on any atom is 0.331 e. The molecule has 0 aliphatic heterocycles. The van der Waals surface area contributed by atoms with Gasteiger partial charge in [-0.2, -0.15) is 23.5 Å². The van der Waals surface area contributed by atoms with Crippen molar-refractivity contribution in [2.45, 2.75) is 22.0 Å². The number of carbonyl (C=O) groups is 4. The Hall–Kier alpha value is -2.80. The van der Waals surface area contributed by atoms with E-state index in [9.17, 15) is 19.2 Å². The lowest BCUT2D eigenvalue weighted by molar-refractivity contribution is -0.142. The summed E-state index contributed by atoms with van der Waals surface area (Å²) in [5.74, 6) is -0.210. The van der Waals surface area contributed by atoms with Gasteiger partial charge in [0.1, 0.15) is 12.2 Å². The van der Waals surface area contributed by atoms with E-state index in [1.807, 2.05) is 60.7 Å². The minimum atomic E-state index is -1.22. The van der Waals surface area contributed by atoms with Crippen LogP contribution >= 0.6 is 47.0 Å². The molecule has 2 aromatic rings. The largest absolute Gasteiger partial charge is 0.478 e. The van der Waals surface area contributed by atoms with Crippen LogP contribution in [0.3, 0.4) is 0 Å². The molecule has 0 amide bonds. The van der Waals surface area contributed by atoms with Crippen LogP contribution in [0.25, 0.3) is 0 Å². The van der Waals surface area contributed by atoms with E-state index in [0.29, 0.717) is 23.0 Å². The average Bonchev–Trinajstić information content (AvgIpc) is 2.95. The van der Waals surface area contributed by atoms with Gasteiger partial charge in [-0.3, -0.25) is 0 Å². The number of hydrogen-bond acceptors (Lipinski definition) is 10. The van der Waals surface area contributed by atoms with Crippen molar-refractivity contribution in [2.75, 3.05) is 34.5 Å². The summed E-state index contributed by atoms with van der Waals surface area (Å²) in [6.07, 6.45) is 2.49. The Labute approximate surface area is 250 Å². The first-order chi connectivity index (χ1) is 19.3. The molecule has 40 heavy (non-hydrogen) atoms. The van der Waals surface area contributed by atoms with E-state index in [4.69, 9.17) is 19.7 Å². The maximum atomic E-state index is 12.0. The minimum Gasteiger partial charge on any atom is -0.478 e. The van der Waals surface area contributed by atoms with Crippen LogP contribution in [0.1, 0.15) is 0 Å². The van der Waals surface area contributed by atoms with Crippen molar-refractivity contribution in [2.24, 2.45) is 0 Å². The van der Waals surface area contributed by atoms with Crippen LogP contribution in [0.2, 0.25) is 0 Å². The van der Waals surface area contributed by atoms with Crippen molar-refractivity contribution in [3.05, 3.63) is 85.0 Å². The van der Waals surface area contributed by atoms with Crippen molar-refractivity contribution in [3.8, 4) is 0 Å². The SMILES string of the molecule is O=C(O)/C=C\C(=O)OC(CSCCSCC(CSc1ccccc1)OC(=O)/C=C\C(=O)O)CSc1ccccc1. The van der Waals surface area contributed by atoms with Gasteiger partial charge in [0.25, 0.3) is 0 Å². The molecule has 2 atom stereocenters.